The second kappa shape index (κ2) is 5.27. The smallest absolute Gasteiger partial charge is 0.197 e. The summed E-state index contributed by atoms with van der Waals surface area (Å²) in [5, 5.41) is 0. The lowest BCUT2D eigenvalue weighted by atomic mass is 10.1. The van der Waals surface area contributed by atoms with E-state index in [0.717, 1.165) is 11.9 Å². The number of rotatable bonds is 3. The average molecular weight is 264 g/mol. The van der Waals surface area contributed by atoms with Gasteiger partial charge in [-0.25, -0.2) is 9.37 Å². The summed E-state index contributed by atoms with van der Waals surface area (Å²) in [5.41, 5.74) is 1.04. The highest BCUT2D eigenvalue weighted by molar-refractivity contribution is 7.71. The largest absolute Gasteiger partial charge is 0.491 e. The van der Waals surface area contributed by atoms with E-state index in [1.165, 1.54) is 0 Å². The highest BCUT2D eigenvalue weighted by Crippen LogP contribution is 2.23. The topological polar surface area (TPSA) is 37.9 Å². The molecule has 1 heterocycles. The van der Waals surface area contributed by atoms with Crippen molar-refractivity contribution in [2.75, 3.05) is 0 Å². The Balaban J connectivity index is 2.34. The van der Waals surface area contributed by atoms with Crippen molar-refractivity contribution in [2.45, 2.75) is 20.0 Å². The number of hydrogen-bond donors (Lipinski definition) is 1. The molecule has 0 aliphatic rings. The summed E-state index contributed by atoms with van der Waals surface area (Å²) in [6, 6.07) is 7.15. The number of ether oxygens (including phenoxy) is 1. The Bertz CT molecular complexity index is 593. The molecule has 0 aliphatic heterocycles. The van der Waals surface area contributed by atoms with Crippen LogP contribution >= 0.6 is 12.2 Å². The molecule has 0 saturated carbocycles. The van der Waals surface area contributed by atoms with E-state index in [4.69, 9.17) is 17.0 Å². The van der Waals surface area contributed by atoms with Crippen LogP contribution in [0.3, 0.4) is 0 Å². The molecule has 1 aromatic carbocycles. The first-order chi connectivity index (χ1) is 8.56. The molecule has 3 nitrogen and oxygen atoms in total. The van der Waals surface area contributed by atoms with Crippen molar-refractivity contribution in [3.05, 3.63) is 41.1 Å². The first kappa shape index (κ1) is 12.7. The summed E-state index contributed by atoms with van der Waals surface area (Å²) in [6.07, 6.45) is 1.23. The van der Waals surface area contributed by atoms with Gasteiger partial charge >= 0.3 is 0 Å². The predicted octanol–water partition coefficient (Wildman–Crippen LogP) is 3.73. The fourth-order valence-corrected chi connectivity index (χ4v) is 1.72. The van der Waals surface area contributed by atoms with Crippen molar-refractivity contribution < 1.29 is 9.13 Å². The molecule has 2 aromatic rings. The Morgan fingerprint density at radius 1 is 1.28 bits per heavy atom. The van der Waals surface area contributed by atoms with Gasteiger partial charge in [-0.05, 0) is 50.3 Å². The van der Waals surface area contributed by atoms with Crippen molar-refractivity contribution in [1.82, 2.24) is 9.97 Å². The zero-order valence-corrected chi connectivity index (χ0v) is 10.9. The van der Waals surface area contributed by atoms with Gasteiger partial charge in [-0.2, -0.15) is 0 Å². The Hall–Kier alpha value is -1.75. The minimum Gasteiger partial charge on any atom is -0.491 e. The fraction of sp³-hybridized carbons (Fsp3) is 0.231. The second-order valence-electron chi connectivity index (χ2n) is 4.10. The van der Waals surface area contributed by atoms with E-state index in [9.17, 15) is 4.39 Å². The van der Waals surface area contributed by atoms with Crippen LogP contribution in [0.5, 0.6) is 5.75 Å². The number of nitrogens with zero attached hydrogens (tertiary/aromatic N) is 1. The van der Waals surface area contributed by atoms with Crippen LogP contribution in [0.4, 0.5) is 4.39 Å². The number of halogens is 1. The molecule has 18 heavy (non-hydrogen) atoms. The second-order valence-corrected chi connectivity index (χ2v) is 4.49. The average Bonchev–Trinajstić information content (AvgIpc) is 2.33. The number of hydrogen-bond acceptors (Lipinski definition) is 3. The maximum atomic E-state index is 13.6. The lowest BCUT2D eigenvalue weighted by Crippen LogP contribution is -2.05. The molecular formula is C13H13FN2OS. The molecule has 1 aromatic heterocycles. The fourth-order valence-electron chi connectivity index (χ4n) is 1.56. The first-order valence-electron chi connectivity index (χ1n) is 5.58. The molecule has 0 radical (unpaired) electrons. The molecule has 94 valence electrons. The molecule has 0 fully saturated rings. The normalized spacial score (nSPS) is 10.7. The zero-order valence-electron chi connectivity index (χ0n) is 10.1. The standard InChI is InChI=1S/C13H13FN2OS/c1-8(2)17-10-5-3-9(4-6-10)12-11(14)7-15-13(18)16-12/h3-8H,1-2H3,(H,15,16,18). The molecule has 5 heteroatoms. The summed E-state index contributed by atoms with van der Waals surface area (Å²) in [7, 11) is 0. The van der Waals surface area contributed by atoms with Crippen LogP contribution in [0, 0.1) is 10.6 Å². The van der Waals surface area contributed by atoms with E-state index in [0.29, 0.717) is 11.3 Å². The van der Waals surface area contributed by atoms with Crippen molar-refractivity contribution in [2.24, 2.45) is 0 Å². The van der Waals surface area contributed by atoms with Gasteiger partial charge in [0.1, 0.15) is 5.75 Å². The maximum absolute atomic E-state index is 13.6. The van der Waals surface area contributed by atoms with Gasteiger partial charge in [-0.1, -0.05) is 0 Å². The lowest BCUT2D eigenvalue weighted by molar-refractivity contribution is 0.242. The van der Waals surface area contributed by atoms with Crippen LogP contribution in [0.15, 0.2) is 30.5 Å². The molecule has 0 amide bonds. The summed E-state index contributed by atoms with van der Waals surface area (Å²) >= 11 is 4.88. The number of nitrogens with one attached hydrogen (secondary N) is 1. The molecule has 0 aliphatic carbocycles. The summed E-state index contributed by atoms with van der Waals surface area (Å²) in [5.74, 6) is 0.322. The van der Waals surface area contributed by atoms with Gasteiger partial charge in [-0.3, -0.25) is 0 Å². The van der Waals surface area contributed by atoms with Gasteiger partial charge < -0.3 is 9.72 Å². The van der Waals surface area contributed by atoms with Crippen LogP contribution < -0.4 is 4.74 Å². The van der Waals surface area contributed by atoms with Crippen LogP contribution in [0.25, 0.3) is 11.3 Å². The predicted molar refractivity (Wildman–Crippen MR) is 70.6 cm³/mol. The van der Waals surface area contributed by atoms with Crippen molar-refractivity contribution in [1.29, 1.82) is 0 Å². The van der Waals surface area contributed by atoms with Gasteiger partial charge in [0.25, 0.3) is 0 Å². The minimum atomic E-state index is -0.430. The van der Waals surface area contributed by atoms with E-state index in [-0.39, 0.29) is 10.9 Å². The number of benzene rings is 1. The molecule has 1 N–H and O–H groups in total. The van der Waals surface area contributed by atoms with Crippen molar-refractivity contribution in [3.8, 4) is 17.0 Å². The number of aromatic amines is 1. The third-order valence-electron chi connectivity index (χ3n) is 2.28. The van der Waals surface area contributed by atoms with Gasteiger partial charge in [0.2, 0.25) is 0 Å². The van der Waals surface area contributed by atoms with Gasteiger partial charge in [-0.15, -0.1) is 0 Å². The Labute approximate surface area is 110 Å². The van der Waals surface area contributed by atoms with E-state index in [2.05, 4.69) is 9.97 Å². The Kier molecular flexibility index (Phi) is 3.72. The van der Waals surface area contributed by atoms with E-state index in [1.54, 1.807) is 24.3 Å². The van der Waals surface area contributed by atoms with Crippen LogP contribution in [-0.4, -0.2) is 16.1 Å². The van der Waals surface area contributed by atoms with E-state index in [1.807, 2.05) is 13.8 Å². The molecule has 0 unspecified atom stereocenters. The molecule has 0 spiro atoms. The van der Waals surface area contributed by atoms with Crippen LogP contribution in [0.2, 0.25) is 0 Å². The summed E-state index contributed by atoms with van der Waals surface area (Å²) < 4.78 is 19.4. The molecular weight excluding hydrogens is 251 g/mol. The highest BCUT2D eigenvalue weighted by atomic mass is 32.1. The Morgan fingerprint density at radius 2 is 1.94 bits per heavy atom. The lowest BCUT2D eigenvalue weighted by Gasteiger charge is -2.10. The SMILES string of the molecule is CC(C)Oc1ccc(-c2[nH]c(=S)ncc2F)cc1. The minimum absolute atomic E-state index is 0.110. The van der Waals surface area contributed by atoms with Gasteiger partial charge in [0.15, 0.2) is 10.6 Å². The van der Waals surface area contributed by atoms with E-state index < -0.39 is 5.82 Å². The molecule has 0 bridgehead atoms. The maximum Gasteiger partial charge on any atom is 0.197 e. The highest BCUT2D eigenvalue weighted by Gasteiger charge is 2.06. The van der Waals surface area contributed by atoms with Gasteiger partial charge in [0.05, 0.1) is 18.0 Å². The third-order valence-corrected chi connectivity index (χ3v) is 2.49. The number of H-pyrrole nitrogens is 1. The van der Waals surface area contributed by atoms with E-state index >= 15 is 0 Å². The molecule has 2 rings (SSSR count). The number of aromatic nitrogens is 2. The zero-order chi connectivity index (χ0) is 13.1. The quantitative estimate of drug-likeness (QED) is 0.858. The van der Waals surface area contributed by atoms with Crippen molar-refractivity contribution in [3.63, 3.8) is 0 Å². The first-order valence-corrected chi connectivity index (χ1v) is 5.99. The molecule has 0 atom stereocenters. The van der Waals surface area contributed by atoms with Crippen LogP contribution in [-0.2, 0) is 0 Å². The summed E-state index contributed by atoms with van der Waals surface area (Å²) in [4.78, 5) is 6.42. The monoisotopic (exact) mass is 264 g/mol. The van der Waals surface area contributed by atoms with Crippen LogP contribution in [0.1, 0.15) is 13.8 Å². The Morgan fingerprint density at radius 3 is 2.56 bits per heavy atom. The molecule has 0 saturated heterocycles. The third kappa shape index (κ3) is 2.92. The van der Waals surface area contributed by atoms with Gasteiger partial charge in [0, 0.05) is 5.56 Å². The van der Waals surface area contributed by atoms with Crippen molar-refractivity contribution >= 4 is 12.2 Å². The summed E-state index contributed by atoms with van der Waals surface area (Å²) in [6.45, 7) is 3.90.